The van der Waals surface area contributed by atoms with E-state index in [1.807, 2.05) is 48.7 Å². The van der Waals surface area contributed by atoms with Gasteiger partial charge in [-0.1, -0.05) is 6.07 Å². The summed E-state index contributed by atoms with van der Waals surface area (Å²) in [4.78, 5) is 13.0. The van der Waals surface area contributed by atoms with E-state index in [4.69, 9.17) is 0 Å². The van der Waals surface area contributed by atoms with Crippen molar-refractivity contribution in [3.8, 4) is 0 Å². The molecule has 0 fully saturated rings. The van der Waals surface area contributed by atoms with Crippen LogP contribution in [0.5, 0.6) is 0 Å². The van der Waals surface area contributed by atoms with Crippen molar-refractivity contribution in [1.82, 2.24) is 19.9 Å². The minimum absolute atomic E-state index is 0.103. The van der Waals surface area contributed by atoms with Gasteiger partial charge in [-0.15, -0.1) is 21.5 Å². The Kier molecular flexibility index (Phi) is 3.77. The van der Waals surface area contributed by atoms with Crippen molar-refractivity contribution in [3.63, 3.8) is 0 Å². The Morgan fingerprint density at radius 1 is 1.43 bits per heavy atom. The van der Waals surface area contributed by atoms with Crippen LogP contribution in [-0.2, 0) is 0 Å². The van der Waals surface area contributed by atoms with E-state index in [-0.39, 0.29) is 11.9 Å². The first-order chi connectivity index (χ1) is 10.1. The van der Waals surface area contributed by atoms with Crippen molar-refractivity contribution in [3.05, 3.63) is 50.5 Å². The van der Waals surface area contributed by atoms with Gasteiger partial charge in [-0.2, -0.15) is 0 Å². The van der Waals surface area contributed by atoms with Crippen LogP contribution in [0.2, 0.25) is 0 Å². The molecule has 1 N–H and O–H groups in total. The second-order valence-corrected chi connectivity index (χ2v) is 7.12. The van der Waals surface area contributed by atoms with E-state index in [1.165, 1.54) is 11.3 Å². The van der Waals surface area contributed by atoms with Crippen molar-refractivity contribution < 1.29 is 4.79 Å². The molecule has 3 rings (SSSR count). The molecule has 0 aliphatic rings. The monoisotopic (exact) mass is 364 g/mol. The predicted molar refractivity (Wildman–Crippen MR) is 85.6 cm³/mol. The number of amides is 1. The average Bonchev–Trinajstić information content (AvgIpc) is 3.03. The second-order valence-electron chi connectivity index (χ2n) is 4.75. The van der Waals surface area contributed by atoms with Crippen molar-refractivity contribution in [1.29, 1.82) is 0 Å². The Labute approximate surface area is 134 Å². The molecule has 5 nitrogen and oxygen atoms in total. The number of halogens is 1. The summed E-state index contributed by atoms with van der Waals surface area (Å²) in [5.74, 6) is 0.611. The van der Waals surface area contributed by atoms with E-state index in [1.54, 1.807) is 0 Å². The predicted octanol–water partition coefficient (Wildman–Crippen LogP) is 3.35. The topological polar surface area (TPSA) is 59.3 Å². The number of hydrogen-bond donors (Lipinski definition) is 1. The van der Waals surface area contributed by atoms with Crippen LogP contribution in [0.1, 0.15) is 34.0 Å². The zero-order valence-electron chi connectivity index (χ0n) is 11.5. The Bertz CT molecular complexity index is 791. The lowest BCUT2D eigenvalue weighted by molar-refractivity contribution is 0.0942. The summed E-state index contributed by atoms with van der Waals surface area (Å²) in [5.41, 5.74) is 1.83. The molecule has 0 aliphatic carbocycles. The van der Waals surface area contributed by atoms with Crippen LogP contribution in [0.4, 0.5) is 0 Å². The molecule has 0 bridgehead atoms. The lowest BCUT2D eigenvalue weighted by atomic mass is 10.3. The van der Waals surface area contributed by atoms with E-state index < -0.39 is 0 Å². The van der Waals surface area contributed by atoms with Gasteiger partial charge in [-0.05, 0) is 53.5 Å². The van der Waals surface area contributed by atoms with Crippen LogP contribution in [0.15, 0.2) is 34.2 Å². The standard InChI is InChI=1S/C14H13BrN4OS/c1-8-7-10(21-12(8)15)14(20)16-9(2)13-18-17-11-5-3-4-6-19(11)13/h3-7,9H,1-2H3,(H,16,20). The summed E-state index contributed by atoms with van der Waals surface area (Å²) >= 11 is 4.86. The number of aromatic nitrogens is 3. The fraction of sp³-hybridized carbons (Fsp3) is 0.214. The molecule has 3 heterocycles. The van der Waals surface area contributed by atoms with Crippen molar-refractivity contribution >= 4 is 38.8 Å². The highest BCUT2D eigenvalue weighted by Gasteiger charge is 2.18. The van der Waals surface area contributed by atoms with Crippen LogP contribution in [-0.4, -0.2) is 20.5 Å². The highest BCUT2D eigenvalue weighted by Crippen LogP contribution is 2.27. The Balaban J connectivity index is 1.82. The van der Waals surface area contributed by atoms with E-state index in [0.717, 1.165) is 15.0 Å². The Hall–Kier alpha value is -1.73. The first-order valence-electron chi connectivity index (χ1n) is 6.42. The summed E-state index contributed by atoms with van der Waals surface area (Å²) in [6.07, 6.45) is 1.89. The van der Waals surface area contributed by atoms with Gasteiger partial charge in [0.1, 0.15) is 0 Å². The molecular formula is C14H13BrN4OS. The number of pyridine rings is 1. The van der Waals surface area contributed by atoms with Crippen molar-refractivity contribution in [2.45, 2.75) is 19.9 Å². The number of rotatable bonds is 3. The van der Waals surface area contributed by atoms with Gasteiger partial charge in [0.15, 0.2) is 11.5 Å². The SMILES string of the molecule is Cc1cc(C(=O)NC(C)c2nnc3ccccn23)sc1Br. The van der Waals surface area contributed by atoms with Gasteiger partial charge >= 0.3 is 0 Å². The number of thiophene rings is 1. The number of nitrogens with zero attached hydrogens (tertiary/aromatic N) is 3. The maximum atomic E-state index is 12.3. The number of hydrogen-bond acceptors (Lipinski definition) is 4. The maximum absolute atomic E-state index is 12.3. The maximum Gasteiger partial charge on any atom is 0.261 e. The third kappa shape index (κ3) is 2.71. The average molecular weight is 365 g/mol. The fourth-order valence-electron chi connectivity index (χ4n) is 2.06. The molecule has 3 aromatic heterocycles. The van der Waals surface area contributed by atoms with Gasteiger partial charge in [-0.3, -0.25) is 9.20 Å². The molecule has 3 aromatic rings. The molecule has 0 saturated heterocycles. The first-order valence-corrected chi connectivity index (χ1v) is 8.03. The molecule has 108 valence electrons. The molecule has 1 unspecified atom stereocenters. The van der Waals surface area contributed by atoms with Gasteiger partial charge in [0, 0.05) is 6.20 Å². The molecule has 0 spiro atoms. The fourth-order valence-corrected chi connectivity index (χ4v) is 3.50. The molecule has 7 heteroatoms. The highest BCUT2D eigenvalue weighted by molar-refractivity contribution is 9.11. The zero-order chi connectivity index (χ0) is 15.0. The largest absolute Gasteiger partial charge is 0.342 e. The number of carbonyl (C=O) groups excluding carboxylic acids is 1. The van der Waals surface area contributed by atoms with Crippen LogP contribution in [0.25, 0.3) is 5.65 Å². The van der Waals surface area contributed by atoms with Crippen LogP contribution >= 0.6 is 27.3 Å². The summed E-state index contributed by atoms with van der Waals surface area (Å²) in [6, 6.07) is 7.34. The number of aryl methyl sites for hydroxylation is 1. The molecule has 0 saturated carbocycles. The zero-order valence-corrected chi connectivity index (χ0v) is 13.9. The van der Waals surface area contributed by atoms with E-state index >= 15 is 0 Å². The van der Waals surface area contributed by atoms with E-state index in [9.17, 15) is 4.79 Å². The first kappa shape index (κ1) is 14.2. The summed E-state index contributed by atoms with van der Waals surface area (Å²) < 4.78 is 2.86. The Morgan fingerprint density at radius 2 is 2.24 bits per heavy atom. The summed E-state index contributed by atoms with van der Waals surface area (Å²) in [6.45, 7) is 3.86. The lowest BCUT2D eigenvalue weighted by Gasteiger charge is -2.11. The molecule has 1 amide bonds. The molecule has 21 heavy (non-hydrogen) atoms. The smallest absolute Gasteiger partial charge is 0.261 e. The Morgan fingerprint density at radius 3 is 2.95 bits per heavy atom. The molecule has 1 atom stereocenters. The third-order valence-corrected chi connectivity index (χ3v) is 5.29. The minimum Gasteiger partial charge on any atom is -0.342 e. The number of fused-ring (bicyclic) bond motifs is 1. The van der Waals surface area contributed by atoms with Gasteiger partial charge < -0.3 is 5.32 Å². The molecular weight excluding hydrogens is 352 g/mol. The van der Waals surface area contributed by atoms with Crippen LogP contribution in [0, 0.1) is 6.92 Å². The summed E-state index contributed by atoms with van der Waals surface area (Å²) in [7, 11) is 0. The van der Waals surface area contributed by atoms with Gasteiger partial charge in [-0.25, -0.2) is 0 Å². The van der Waals surface area contributed by atoms with E-state index in [2.05, 4.69) is 31.4 Å². The molecule has 0 aliphatic heterocycles. The number of carbonyl (C=O) groups is 1. The van der Waals surface area contributed by atoms with Crippen LogP contribution < -0.4 is 5.32 Å². The molecule has 0 aromatic carbocycles. The molecule has 0 radical (unpaired) electrons. The number of nitrogens with one attached hydrogen (secondary N) is 1. The van der Waals surface area contributed by atoms with Gasteiger partial charge in [0.25, 0.3) is 5.91 Å². The van der Waals surface area contributed by atoms with Crippen molar-refractivity contribution in [2.75, 3.05) is 0 Å². The van der Waals surface area contributed by atoms with Crippen LogP contribution in [0.3, 0.4) is 0 Å². The minimum atomic E-state index is -0.226. The van der Waals surface area contributed by atoms with Gasteiger partial charge in [0.2, 0.25) is 0 Å². The van der Waals surface area contributed by atoms with Gasteiger partial charge in [0.05, 0.1) is 14.7 Å². The van der Waals surface area contributed by atoms with Crippen molar-refractivity contribution in [2.24, 2.45) is 0 Å². The third-order valence-electron chi connectivity index (χ3n) is 3.16. The quantitative estimate of drug-likeness (QED) is 0.774. The highest BCUT2D eigenvalue weighted by atomic mass is 79.9. The summed E-state index contributed by atoms with van der Waals surface area (Å²) in [5, 5.41) is 11.2. The lowest BCUT2D eigenvalue weighted by Crippen LogP contribution is -2.27. The van der Waals surface area contributed by atoms with E-state index in [0.29, 0.717) is 10.7 Å². The second kappa shape index (κ2) is 5.57. The normalized spacial score (nSPS) is 12.5.